The average Bonchev–Trinajstić information content (AvgIpc) is 3.27. The number of nitrogens with one attached hydrogen (secondary N) is 2. The summed E-state index contributed by atoms with van der Waals surface area (Å²) in [6.45, 7) is 2.05. The van der Waals surface area contributed by atoms with E-state index >= 15 is 0 Å². The number of benzene rings is 1. The zero-order valence-electron chi connectivity index (χ0n) is 16.6. The molecule has 1 saturated carbocycles. The third kappa shape index (κ3) is 3.83. The molecule has 0 unspecified atom stereocenters. The number of hydrogen-bond acceptors (Lipinski definition) is 7. The molecule has 10 heteroatoms. The molecule has 5 rings (SSSR count). The zero-order chi connectivity index (χ0) is 21.5. The summed E-state index contributed by atoms with van der Waals surface area (Å²) in [5, 5.41) is 14.3. The summed E-state index contributed by atoms with van der Waals surface area (Å²) >= 11 is 0. The Labute approximate surface area is 175 Å². The van der Waals surface area contributed by atoms with Crippen molar-refractivity contribution in [1.82, 2.24) is 25.3 Å². The standard InChI is InChI=1S/C21H19F2N7O/c1-10-19(18-8-16(28-29-18)11-2-3-11)20(24)27-21(26-10)25-9-13-7-17(30-31-13)14-5-4-12(22)6-15(14)23/h4-8,11H,2-3,9H2,1H3,(H,28,29)(H3,24,25,26,27). The highest BCUT2D eigenvalue weighted by Gasteiger charge is 2.26. The maximum atomic E-state index is 13.9. The summed E-state index contributed by atoms with van der Waals surface area (Å²) in [4.78, 5) is 8.79. The van der Waals surface area contributed by atoms with Gasteiger partial charge in [-0.2, -0.15) is 10.1 Å². The van der Waals surface area contributed by atoms with Gasteiger partial charge in [0.25, 0.3) is 0 Å². The van der Waals surface area contributed by atoms with Crippen LogP contribution in [0.2, 0.25) is 0 Å². The first kappa shape index (κ1) is 19.2. The molecule has 1 fully saturated rings. The van der Waals surface area contributed by atoms with E-state index in [0.29, 0.717) is 34.7 Å². The quantitative estimate of drug-likeness (QED) is 0.426. The van der Waals surface area contributed by atoms with E-state index in [4.69, 9.17) is 10.3 Å². The predicted molar refractivity (Wildman–Crippen MR) is 110 cm³/mol. The van der Waals surface area contributed by atoms with Crippen molar-refractivity contribution in [2.24, 2.45) is 0 Å². The molecule has 4 aromatic rings. The van der Waals surface area contributed by atoms with Crippen LogP contribution in [0, 0.1) is 18.6 Å². The van der Waals surface area contributed by atoms with Crippen LogP contribution in [0.15, 0.2) is 34.9 Å². The summed E-state index contributed by atoms with van der Waals surface area (Å²) < 4.78 is 32.3. The summed E-state index contributed by atoms with van der Waals surface area (Å²) in [5.74, 6) is 0.263. The second-order valence-electron chi connectivity index (χ2n) is 7.53. The summed E-state index contributed by atoms with van der Waals surface area (Å²) in [6.07, 6.45) is 2.35. The van der Waals surface area contributed by atoms with Crippen LogP contribution >= 0.6 is 0 Å². The first-order chi connectivity index (χ1) is 15.0. The van der Waals surface area contributed by atoms with E-state index in [1.165, 1.54) is 25.0 Å². The molecule has 0 atom stereocenters. The summed E-state index contributed by atoms with van der Waals surface area (Å²) in [6, 6.07) is 6.85. The highest BCUT2D eigenvalue weighted by atomic mass is 19.1. The number of rotatable bonds is 6. The van der Waals surface area contributed by atoms with E-state index < -0.39 is 11.6 Å². The molecule has 0 spiro atoms. The smallest absolute Gasteiger partial charge is 0.225 e. The molecule has 158 valence electrons. The molecule has 0 saturated heterocycles. The van der Waals surface area contributed by atoms with Gasteiger partial charge in [0, 0.05) is 29.3 Å². The molecule has 0 aliphatic heterocycles. The first-order valence-corrected chi connectivity index (χ1v) is 9.82. The zero-order valence-corrected chi connectivity index (χ0v) is 16.6. The van der Waals surface area contributed by atoms with Gasteiger partial charge in [-0.15, -0.1) is 0 Å². The molecule has 4 N–H and O–H groups in total. The Hall–Kier alpha value is -3.82. The fourth-order valence-electron chi connectivity index (χ4n) is 3.45. The molecule has 1 aliphatic rings. The number of aromatic amines is 1. The number of nitrogens with zero attached hydrogens (tertiary/aromatic N) is 4. The van der Waals surface area contributed by atoms with E-state index in [1.54, 1.807) is 6.07 Å². The summed E-state index contributed by atoms with van der Waals surface area (Å²) in [5.41, 5.74) is 9.82. The van der Waals surface area contributed by atoms with Crippen molar-refractivity contribution in [3.63, 3.8) is 0 Å². The van der Waals surface area contributed by atoms with Crippen LogP contribution in [0.4, 0.5) is 20.5 Å². The van der Waals surface area contributed by atoms with E-state index in [0.717, 1.165) is 17.5 Å². The molecule has 1 aliphatic carbocycles. The normalized spacial score (nSPS) is 13.5. The fraction of sp³-hybridized carbons (Fsp3) is 0.238. The minimum Gasteiger partial charge on any atom is -0.383 e. The van der Waals surface area contributed by atoms with Crippen LogP contribution in [-0.4, -0.2) is 25.3 Å². The molecule has 3 heterocycles. The van der Waals surface area contributed by atoms with Gasteiger partial charge < -0.3 is 15.6 Å². The number of anilines is 2. The van der Waals surface area contributed by atoms with E-state index in [2.05, 4.69) is 30.6 Å². The van der Waals surface area contributed by atoms with E-state index in [-0.39, 0.29) is 17.8 Å². The highest BCUT2D eigenvalue weighted by Crippen LogP contribution is 2.40. The molecular formula is C21H19F2N7O. The van der Waals surface area contributed by atoms with Crippen LogP contribution in [0.1, 0.15) is 35.9 Å². The van der Waals surface area contributed by atoms with E-state index in [1.807, 2.05) is 13.0 Å². The van der Waals surface area contributed by atoms with Gasteiger partial charge in [0.2, 0.25) is 5.95 Å². The van der Waals surface area contributed by atoms with Gasteiger partial charge in [-0.05, 0) is 38.0 Å². The van der Waals surface area contributed by atoms with Gasteiger partial charge in [-0.3, -0.25) is 5.10 Å². The highest BCUT2D eigenvalue weighted by molar-refractivity contribution is 5.74. The Kier molecular flexibility index (Phi) is 4.61. The molecule has 3 aromatic heterocycles. The Bertz CT molecular complexity index is 1240. The minimum atomic E-state index is -0.710. The van der Waals surface area contributed by atoms with Crippen LogP contribution in [0.25, 0.3) is 22.5 Å². The molecule has 0 amide bonds. The van der Waals surface area contributed by atoms with Crippen molar-refractivity contribution in [1.29, 1.82) is 0 Å². The second kappa shape index (κ2) is 7.46. The van der Waals surface area contributed by atoms with Gasteiger partial charge in [0.1, 0.15) is 23.1 Å². The monoisotopic (exact) mass is 423 g/mol. The van der Waals surface area contributed by atoms with Gasteiger partial charge >= 0.3 is 0 Å². The molecule has 0 bridgehead atoms. The van der Waals surface area contributed by atoms with Crippen molar-refractivity contribution in [2.45, 2.75) is 32.2 Å². The molecular weight excluding hydrogens is 404 g/mol. The molecule has 8 nitrogen and oxygen atoms in total. The minimum absolute atomic E-state index is 0.154. The number of halogens is 2. The lowest BCUT2D eigenvalue weighted by molar-refractivity contribution is 0.389. The first-order valence-electron chi connectivity index (χ1n) is 9.82. The number of hydrogen-bond donors (Lipinski definition) is 3. The third-order valence-corrected chi connectivity index (χ3v) is 5.18. The third-order valence-electron chi connectivity index (χ3n) is 5.18. The van der Waals surface area contributed by atoms with Gasteiger partial charge in [-0.25, -0.2) is 13.8 Å². The lowest BCUT2D eigenvalue weighted by Gasteiger charge is -2.09. The van der Waals surface area contributed by atoms with Gasteiger partial charge in [0.05, 0.1) is 23.5 Å². The number of aryl methyl sites for hydroxylation is 1. The predicted octanol–water partition coefficient (Wildman–Crippen LogP) is 4.18. The van der Waals surface area contributed by atoms with Gasteiger partial charge in [-0.1, -0.05) is 5.16 Å². The lowest BCUT2D eigenvalue weighted by atomic mass is 10.1. The second-order valence-corrected chi connectivity index (χ2v) is 7.53. The molecule has 1 aromatic carbocycles. The topological polar surface area (TPSA) is 119 Å². The lowest BCUT2D eigenvalue weighted by Crippen LogP contribution is -2.08. The Morgan fingerprint density at radius 2 is 2.00 bits per heavy atom. The number of nitrogen functional groups attached to an aromatic ring is 1. The fourth-order valence-corrected chi connectivity index (χ4v) is 3.45. The van der Waals surface area contributed by atoms with Crippen molar-refractivity contribution in [2.75, 3.05) is 11.1 Å². The average molecular weight is 423 g/mol. The maximum Gasteiger partial charge on any atom is 0.225 e. The van der Waals surface area contributed by atoms with Crippen LogP contribution in [0.3, 0.4) is 0 Å². The molecule has 31 heavy (non-hydrogen) atoms. The van der Waals surface area contributed by atoms with Crippen LogP contribution in [-0.2, 0) is 6.54 Å². The number of aromatic nitrogens is 5. The Balaban J connectivity index is 1.31. The number of H-pyrrole nitrogens is 1. The molecule has 0 radical (unpaired) electrons. The van der Waals surface area contributed by atoms with Crippen molar-refractivity contribution in [3.05, 3.63) is 59.1 Å². The van der Waals surface area contributed by atoms with Crippen LogP contribution in [0.5, 0.6) is 0 Å². The van der Waals surface area contributed by atoms with Crippen molar-refractivity contribution < 1.29 is 13.3 Å². The van der Waals surface area contributed by atoms with Crippen LogP contribution < -0.4 is 11.1 Å². The largest absolute Gasteiger partial charge is 0.383 e. The van der Waals surface area contributed by atoms with Crippen molar-refractivity contribution >= 4 is 11.8 Å². The summed E-state index contributed by atoms with van der Waals surface area (Å²) in [7, 11) is 0. The van der Waals surface area contributed by atoms with E-state index in [9.17, 15) is 8.78 Å². The maximum absolute atomic E-state index is 13.9. The number of nitrogens with two attached hydrogens (primary N) is 1. The van der Waals surface area contributed by atoms with Crippen molar-refractivity contribution in [3.8, 4) is 22.5 Å². The Morgan fingerprint density at radius 1 is 1.16 bits per heavy atom. The SMILES string of the molecule is Cc1nc(NCc2cc(-c3ccc(F)cc3F)no2)nc(N)c1-c1cc(C2CC2)[nH]n1. The Morgan fingerprint density at radius 3 is 2.74 bits per heavy atom. The van der Waals surface area contributed by atoms with Gasteiger partial charge in [0.15, 0.2) is 5.76 Å².